The Hall–Kier alpha value is -1.85. The van der Waals surface area contributed by atoms with Gasteiger partial charge in [-0.1, -0.05) is 0 Å². The molecule has 0 saturated carbocycles. The van der Waals surface area contributed by atoms with E-state index in [4.69, 9.17) is 5.11 Å². The topological polar surface area (TPSA) is 89.9 Å². The molecule has 0 rings (SSSR count). The first-order chi connectivity index (χ1) is 6.97. The maximum Gasteiger partial charge on any atom is 0.347 e. The van der Waals surface area contributed by atoms with Gasteiger partial charge in [-0.25, -0.2) is 14.4 Å². The normalized spacial score (nSPS) is 12.1. The van der Waals surface area contributed by atoms with Crippen molar-refractivity contribution in [2.24, 2.45) is 0 Å². The minimum atomic E-state index is -1.27. The number of hydrogen-bond acceptors (Lipinski definition) is 5. The largest absolute Gasteiger partial charge is 0.478 e. The summed E-state index contributed by atoms with van der Waals surface area (Å²) in [5.41, 5.74) is 0. The molecule has 0 spiro atoms. The van der Waals surface area contributed by atoms with Crippen molar-refractivity contribution in [3.8, 4) is 0 Å². The third-order valence-electron chi connectivity index (χ3n) is 1.27. The Kier molecular flexibility index (Phi) is 5.77. The molecule has 0 aromatic heterocycles. The van der Waals surface area contributed by atoms with Gasteiger partial charge in [0.05, 0.1) is 6.61 Å². The molecule has 0 aliphatic carbocycles. The van der Waals surface area contributed by atoms with Gasteiger partial charge in [-0.3, -0.25) is 0 Å². The number of esters is 2. The fourth-order valence-corrected chi connectivity index (χ4v) is 0.661. The lowest BCUT2D eigenvalue weighted by molar-refractivity contribution is -0.163. The van der Waals surface area contributed by atoms with Gasteiger partial charge in [-0.05, 0) is 13.8 Å². The SMILES string of the molecule is CCOC(=O)[C@H](C)OC(=O)/C=C/C(=O)O. The van der Waals surface area contributed by atoms with E-state index in [1.54, 1.807) is 6.92 Å². The molecule has 6 nitrogen and oxygen atoms in total. The quantitative estimate of drug-likeness (QED) is 0.518. The summed E-state index contributed by atoms with van der Waals surface area (Å²) in [6.07, 6.45) is 0.300. The lowest BCUT2D eigenvalue weighted by Crippen LogP contribution is -2.25. The summed E-state index contributed by atoms with van der Waals surface area (Å²) in [4.78, 5) is 31.9. The third kappa shape index (κ3) is 6.25. The zero-order valence-electron chi connectivity index (χ0n) is 8.43. The standard InChI is InChI=1S/C9H12O6/c1-3-14-9(13)6(2)15-8(12)5-4-7(10)11/h4-6H,3H2,1-2H3,(H,10,11)/b5-4+/t6-/m0/s1. The second-order valence-electron chi connectivity index (χ2n) is 2.50. The van der Waals surface area contributed by atoms with Crippen LogP contribution in [0.15, 0.2) is 12.2 Å². The zero-order chi connectivity index (χ0) is 11.8. The average Bonchev–Trinajstić information content (AvgIpc) is 2.15. The molecule has 0 bridgehead atoms. The molecule has 0 aromatic carbocycles. The number of carboxylic acid groups (broad SMARTS) is 1. The third-order valence-corrected chi connectivity index (χ3v) is 1.27. The maximum atomic E-state index is 11.0. The van der Waals surface area contributed by atoms with Crippen LogP contribution in [0.1, 0.15) is 13.8 Å². The number of aliphatic carboxylic acids is 1. The number of hydrogen-bond donors (Lipinski definition) is 1. The Morgan fingerprint density at radius 2 is 1.93 bits per heavy atom. The van der Waals surface area contributed by atoms with E-state index in [1.165, 1.54) is 6.92 Å². The fourth-order valence-electron chi connectivity index (χ4n) is 0.661. The molecule has 0 aliphatic rings. The molecule has 0 radical (unpaired) electrons. The minimum absolute atomic E-state index is 0.186. The van der Waals surface area contributed by atoms with Crippen LogP contribution in [0.4, 0.5) is 0 Å². The molecule has 0 saturated heterocycles. The Morgan fingerprint density at radius 3 is 2.40 bits per heavy atom. The first kappa shape index (κ1) is 13.2. The summed E-state index contributed by atoms with van der Waals surface area (Å²) in [6.45, 7) is 3.15. The van der Waals surface area contributed by atoms with Crippen LogP contribution in [0.5, 0.6) is 0 Å². The van der Waals surface area contributed by atoms with Gasteiger partial charge < -0.3 is 14.6 Å². The monoisotopic (exact) mass is 216 g/mol. The lowest BCUT2D eigenvalue weighted by atomic mass is 10.4. The number of ether oxygens (including phenoxy) is 2. The van der Waals surface area contributed by atoms with Gasteiger partial charge in [-0.15, -0.1) is 0 Å². The van der Waals surface area contributed by atoms with E-state index in [2.05, 4.69) is 9.47 Å². The van der Waals surface area contributed by atoms with Gasteiger partial charge in [0, 0.05) is 12.2 Å². The number of rotatable bonds is 5. The van der Waals surface area contributed by atoms with Crippen molar-refractivity contribution in [2.45, 2.75) is 20.0 Å². The van der Waals surface area contributed by atoms with Crippen molar-refractivity contribution < 1.29 is 29.0 Å². The second kappa shape index (κ2) is 6.58. The van der Waals surface area contributed by atoms with Crippen molar-refractivity contribution in [1.82, 2.24) is 0 Å². The van der Waals surface area contributed by atoms with Crippen molar-refractivity contribution in [3.05, 3.63) is 12.2 Å². The summed E-state index contributed by atoms with van der Waals surface area (Å²) in [6, 6.07) is 0. The molecule has 0 unspecified atom stereocenters. The van der Waals surface area contributed by atoms with E-state index in [1.807, 2.05) is 0 Å². The zero-order valence-corrected chi connectivity index (χ0v) is 8.43. The summed E-state index contributed by atoms with van der Waals surface area (Å²) in [5.74, 6) is -2.84. The molecule has 0 aromatic rings. The minimum Gasteiger partial charge on any atom is -0.478 e. The van der Waals surface area contributed by atoms with Crippen LogP contribution in [0.3, 0.4) is 0 Å². The number of carbonyl (C=O) groups is 3. The molecular formula is C9H12O6. The van der Waals surface area contributed by atoms with Crippen molar-refractivity contribution in [1.29, 1.82) is 0 Å². The van der Waals surface area contributed by atoms with E-state index in [9.17, 15) is 14.4 Å². The Balaban J connectivity index is 4.06. The first-order valence-electron chi connectivity index (χ1n) is 4.25. The smallest absolute Gasteiger partial charge is 0.347 e. The highest BCUT2D eigenvalue weighted by Gasteiger charge is 2.17. The predicted molar refractivity (Wildman–Crippen MR) is 49.0 cm³/mol. The Labute approximate surface area is 86.5 Å². The molecule has 0 heterocycles. The molecule has 6 heteroatoms. The maximum absolute atomic E-state index is 11.0. The second-order valence-corrected chi connectivity index (χ2v) is 2.50. The molecular weight excluding hydrogens is 204 g/mol. The molecule has 0 fully saturated rings. The summed E-state index contributed by atoms with van der Waals surface area (Å²) < 4.78 is 9.13. The average molecular weight is 216 g/mol. The first-order valence-corrected chi connectivity index (χ1v) is 4.25. The van der Waals surface area contributed by atoms with E-state index >= 15 is 0 Å². The van der Waals surface area contributed by atoms with E-state index in [-0.39, 0.29) is 6.61 Å². The van der Waals surface area contributed by atoms with Gasteiger partial charge in [0.2, 0.25) is 0 Å². The van der Waals surface area contributed by atoms with Crippen LogP contribution in [-0.4, -0.2) is 35.7 Å². The summed E-state index contributed by atoms with van der Waals surface area (Å²) in [7, 11) is 0. The molecule has 84 valence electrons. The van der Waals surface area contributed by atoms with E-state index < -0.39 is 24.0 Å². The summed E-state index contributed by atoms with van der Waals surface area (Å²) in [5, 5.41) is 8.20. The van der Waals surface area contributed by atoms with Crippen LogP contribution in [0.25, 0.3) is 0 Å². The fraction of sp³-hybridized carbons (Fsp3) is 0.444. The van der Waals surface area contributed by atoms with Gasteiger partial charge >= 0.3 is 17.9 Å². The van der Waals surface area contributed by atoms with Gasteiger partial charge in [-0.2, -0.15) is 0 Å². The van der Waals surface area contributed by atoms with Crippen LogP contribution in [0, 0.1) is 0 Å². The van der Waals surface area contributed by atoms with Crippen LogP contribution < -0.4 is 0 Å². The molecule has 15 heavy (non-hydrogen) atoms. The Bertz CT molecular complexity index is 280. The van der Waals surface area contributed by atoms with Crippen molar-refractivity contribution in [3.63, 3.8) is 0 Å². The number of carboxylic acids is 1. The Morgan fingerprint density at radius 1 is 1.33 bits per heavy atom. The van der Waals surface area contributed by atoms with E-state index in [0.717, 1.165) is 6.08 Å². The highest BCUT2D eigenvalue weighted by molar-refractivity contribution is 5.91. The highest BCUT2D eigenvalue weighted by atomic mass is 16.6. The molecule has 1 atom stereocenters. The molecule has 0 aliphatic heterocycles. The van der Waals surface area contributed by atoms with Crippen LogP contribution >= 0.6 is 0 Å². The van der Waals surface area contributed by atoms with Gasteiger partial charge in [0.1, 0.15) is 0 Å². The molecule has 1 N–H and O–H groups in total. The highest BCUT2D eigenvalue weighted by Crippen LogP contribution is 1.96. The molecule has 0 amide bonds. The predicted octanol–water partition coefficient (Wildman–Crippen LogP) is 0.122. The van der Waals surface area contributed by atoms with Crippen LogP contribution in [-0.2, 0) is 23.9 Å². The lowest BCUT2D eigenvalue weighted by Gasteiger charge is -2.09. The van der Waals surface area contributed by atoms with E-state index in [0.29, 0.717) is 6.08 Å². The van der Waals surface area contributed by atoms with Crippen molar-refractivity contribution >= 4 is 17.9 Å². The van der Waals surface area contributed by atoms with Gasteiger partial charge in [0.15, 0.2) is 6.10 Å². The summed E-state index contributed by atoms with van der Waals surface area (Å²) >= 11 is 0. The van der Waals surface area contributed by atoms with Gasteiger partial charge in [0.25, 0.3) is 0 Å². The van der Waals surface area contributed by atoms with Crippen molar-refractivity contribution in [2.75, 3.05) is 6.61 Å². The number of carbonyl (C=O) groups excluding carboxylic acids is 2. The van der Waals surface area contributed by atoms with Crippen LogP contribution in [0.2, 0.25) is 0 Å².